The zero-order valence-electron chi connectivity index (χ0n) is 16.4. The van der Waals surface area contributed by atoms with E-state index in [2.05, 4.69) is 34.8 Å². The van der Waals surface area contributed by atoms with Crippen molar-refractivity contribution in [2.75, 3.05) is 19.6 Å². The van der Waals surface area contributed by atoms with Crippen molar-refractivity contribution in [1.29, 1.82) is 0 Å². The lowest BCUT2D eigenvalue weighted by Crippen LogP contribution is -2.37. The molecule has 0 spiro atoms. The van der Waals surface area contributed by atoms with Gasteiger partial charge in [0.05, 0.1) is 13.1 Å². The van der Waals surface area contributed by atoms with Gasteiger partial charge >= 0.3 is 0 Å². The molecule has 0 heterocycles. The maximum Gasteiger partial charge on any atom is 0.251 e. The average Bonchev–Trinajstić information content (AvgIpc) is 2.61. The van der Waals surface area contributed by atoms with E-state index in [-0.39, 0.29) is 36.4 Å². The van der Waals surface area contributed by atoms with Gasteiger partial charge in [0.15, 0.2) is 5.96 Å². The summed E-state index contributed by atoms with van der Waals surface area (Å²) >= 11 is 0. The summed E-state index contributed by atoms with van der Waals surface area (Å²) in [4.78, 5) is 27.1. The zero-order valence-corrected chi connectivity index (χ0v) is 18.7. The molecule has 0 bridgehead atoms. The Morgan fingerprint density at radius 1 is 1.11 bits per heavy atom. The van der Waals surface area contributed by atoms with Crippen LogP contribution in [0.3, 0.4) is 0 Å². The smallest absolute Gasteiger partial charge is 0.251 e. The number of nitrogens with two attached hydrogens (primary N) is 1. The van der Waals surface area contributed by atoms with Crippen LogP contribution in [0.15, 0.2) is 29.3 Å². The van der Waals surface area contributed by atoms with Crippen LogP contribution >= 0.6 is 24.0 Å². The number of nitrogens with one attached hydrogen (secondary N) is 3. The molecule has 0 unspecified atom stereocenters. The van der Waals surface area contributed by atoms with E-state index in [4.69, 9.17) is 5.73 Å². The molecule has 1 aromatic carbocycles. The molecule has 152 valence electrons. The number of guanidine groups is 1. The van der Waals surface area contributed by atoms with Crippen LogP contribution in [0, 0.1) is 5.92 Å². The number of halogens is 1. The van der Waals surface area contributed by atoms with Crippen LogP contribution in [0.4, 0.5) is 0 Å². The highest BCUT2D eigenvalue weighted by molar-refractivity contribution is 14.0. The monoisotopic (exact) mass is 489 g/mol. The van der Waals surface area contributed by atoms with Crippen molar-refractivity contribution >= 4 is 41.8 Å². The second-order valence-electron chi connectivity index (χ2n) is 6.50. The molecule has 0 atom stereocenters. The van der Waals surface area contributed by atoms with Crippen LogP contribution in [-0.2, 0) is 11.3 Å². The maximum absolute atomic E-state index is 11.8. The Labute approximate surface area is 179 Å². The highest BCUT2D eigenvalue weighted by atomic mass is 127. The van der Waals surface area contributed by atoms with E-state index in [0.717, 1.165) is 31.0 Å². The molecule has 5 N–H and O–H groups in total. The lowest BCUT2D eigenvalue weighted by atomic mass is 10.1. The van der Waals surface area contributed by atoms with Crippen molar-refractivity contribution in [3.8, 4) is 0 Å². The van der Waals surface area contributed by atoms with E-state index >= 15 is 0 Å². The van der Waals surface area contributed by atoms with Gasteiger partial charge in [0.25, 0.3) is 5.91 Å². The summed E-state index contributed by atoms with van der Waals surface area (Å²) in [6.45, 7) is 8.51. The standard InChI is InChI=1S/C19H31N5O2.HI/c1-4-21-19(22-11-5-6-14(2)3)24-12-15-7-9-16(10-8-15)18(26)23-13-17(20)25;/h7-10,14H,4-6,11-13H2,1-3H3,(H2,20,25)(H,23,26)(H2,21,22,24);1H. The number of primary amides is 1. The van der Waals surface area contributed by atoms with Gasteiger partial charge in [0.1, 0.15) is 0 Å². The van der Waals surface area contributed by atoms with E-state index < -0.39 is 5.91 Å². The van der Waals surface area contributed by atoms with Crippen LogP contribution < -0.4 is 21.7 Å². The molecule has 0 aromatic heterocycles. The predicted molar refractivity (Wildman–Crippen MR) is 120 cm³/mol. The van der Waals surface area contributed by atoms with Gasteiger partial charge in [-0.25, -0.2) is 4.99 Å². The van der Waals surface area contributed by atoms with Crippen molar-refractivity contribution < 1.29 is 9.59 Å². The van der Waals surface area contributed by atoms with Gasteiger partial charge in [-0.05, 0) is 43.4 Å². The first-order valence-electron chi connectivity index (χ1n) is 9.10. The number of nitrogens with zero attached hydrogens (tertiary/aromatic N) is 1. The minimum atomic E-state index is -0.568. The SMILES string of the molecule is CCNC(=NCc1ccc(C(=O)NCC(N)=O)cc1)NCCCC(C)C.I. The van der Waals surface area contributed by atoms with Gasteiger partial charge in [-0.2, -0.15) is 0 Å². The molecular formula is C19H32IN5O2. The molecule has 0 saturated heterocycles. The molecule has 2 amide bonds. The predicted octanol–water partition coefficient (Wildman–Crippen LogP) is 2.01. The van der Waals surface area contributed by atoms with Gasteiger partial charge < -0.3 is 21.7 Å². The Hall–Kier alpha value is -1.84. The molecular weight excluding hydrogens is 457 g/mol. The largest absolute Gasteiger partial charge is 0.368 e. The normalized spacial score (nSPS) is 10.9. The lowest BCUT2D eigenvalue weighted by molar-refractivity contribution is -0.117. The number of hydrogen-bond acceptors (Lipinski definition) is 3. The number of rotatable bonds is 10. The third-order valence-corrected chi connectivity index (χ3v) is 3.65. The van der Waals surface area contributed by atoms with Gasteiger partial charge in [-0.15, -0.1) is 24.0 Å². The summed E-state index contributed by atoms with van der Waals surface area (Å²) in [5.74, 6) is 0.606. The third-order valence-electron chi connectivity index (χ3n) is 3.65. The van der Waals surface area contributed by atoms with Crippen LogP contribution in [0.2, 0.25) is 0 Å². The topological polar surface area (TPSA) is 109 Å². The molecule has 1 aromatic rings. The lowest BCUT2D eigenvalue weighted by Gasteiger charge is -2.12. The summed E-state index contributed by atoms with van der Waals surface area (Å²) in [6, 6.07) is 7.13. The first-order valence-corrected chi connectivity index (χ1v) is 9.10. The van der Waals surface area contributed by atoms with Crippen molar-refractivity contribution in [1.82, 2.24) is 16.0 Å². The third kappa shape index (κ3) is 11.5. The van der Waals surface area contributed by atoms with Gasteiger partial charge in [0.2, 0.25) is 5.91 Å². The van der Waals surface area contributed by atoms with E-state index in [1.807, 2.05) is 19.1 Å². The Morgan fingerprint density at radius 2 is 1.78 bits per heavy atom. The van der Waals surface area contributed by atoms with Crippen LogP contribution in [0.5, 0.6) is 0 Å². The number of amides is 2. The number of aliphatic imine (C=N–C) groups is 1. The maximum atomic E-state index is 11.8. The van der Waals surface area contributed by atoms with Crippen molar-refractivity contribution in [3.63, 3.8) is 0 Å². The van der Waals surface area contributed by atoms with Gasteiger partial charge in [-0.1, -0.05) is 26.0 Å². The molecule has 8 heteroatoms. The summed E-state index contributed by atoms with van der Waals surface area (Å²) in [7, 11) is 0. The minimum Gasteiger partial charge on any atom is -0.368 e. The Morgan fingerprint density at radius 3 is 2.33 bits per heavy atom. The number of carbonyl (C=O) groups is 2. The van der Waals surface area contributed by atoms with Gasteiger partial charge in [-0.3, -0.25) is 9.59 Å². The van der Waals surface area contributed by atoms with Crippen molar-refractivity contribution in [3.05, 3.63) is 35.4 Å². The van der Waals surface area contributed by atoms with Crippen LogP contribution in [-0.4, -0.2) is 37.4 Å². The number of carbonyl (C=O) groups excluding carboxylic acids is 2. The fourth-order valence-electron chi connectivity index (χ4n) is 2.26. The fraction of sp³-hybridized carbons (Fsp3) is 0.526. The molecule has 0 aliphatic rings. The molecule has 27 heavy (non-hydrogen) atoms. The minimum absolute atomic E-state index is 0. The summed E-state index contributed by atoms with van der Waals surface area (Å²) in [5.41, 5.74) is 6.49. The molecule has 0 saturated carbocycles. The second-order valence-corrected chi connectivity index (χ2v) is 6.50. The molecule has 7 nitrogen and oxygen atoms in total. The zero-order chi connectivity index (χ0) is 19.4. The molecule has 0 fully saturated rings. The van der Waals surface area contributed by atoms with Crippen LogP contribution in [0.25, 0.3) is 0 Å². The molecule has 1 rings (SSSR count). The number of hydrogen-bond donors (Lipinski definition) is 4. The summed E-state index contributed by atoms with van der Waals surface area (Å²) < 4.78 is 0. The van der Waals surface area contributed by atoms with Crippen LogP contribution in [0.1, 0.15) is 49.5 Å². The Bertz CT molecular complexity index is 603. The quantitative estimate of drug-likeness (QED) is 0.175. The molecule has 0 aliphatic heterocycles. The van der Waals surface area contributed by atoms with E-state index in [0.29, 0.717) is 18.0 Å². The molecule has 0 aliphatic carbocycles. The highest BCUT2D eigenvalue weighted by Crippen LogP contribution is 2.06. The highest BCUT2D eigenvalue weighted by Gasteiger charge is 2.06. The van der Waals surface area contributed by atoms with Gasteiger partial charge in [0, 0.05) is 18.7 Å². The summed E-state index contributed by atoms with van der Waals surface area (Å²) in [6.07, 6.45) is 2.29. The first-order chi connectivity index (χ1) is 12.4. The average molecular weight is 489 g/mol. The Balaban J connectivity index is 0.00000676. The van der Waals surface area contributed by atoms with E-state index in [9.17, 15) is 9.59 Å². The number of benzene rings is 1. The van der Waals surface area contributed by atoms with E-state index in [1.165, 1.54) is 6.42 Å². The Kier molecular flexibility index (Phi) is 13.3. The fourth-order valence-corrected chi connectivity index (χ4v) is 2.26. The van der Waals surface area contributed by atoms with Crippen molar-refractivity contribution in [2.45, 2.75) is 40.2 Å². The summed E-state index contributed by atoms with van der Waals surface area (Å²) in [5, 5.41) is 9.02. The van der Waals surface area contributed by atoms with E-state index in [1.54, 1.807) is 12.1 Å². The molecule has 0 radical (unpaired) electrons. The second kappa shape index (κ2) is 14.2. The van der Waals surface area contributed by atoms with Crippen molar-refractivity contribution in [2.24, 2.45) is 16.6 Å². The first kappa shape index (κ1) is 25.2.